The van der Waals surface area contributed by atoms with Crippen LogP contribution in [-0.2, 0) is 11.2 Å². The van der Waals surface area contributed by atoms with E-state index in [1.807, 2.05) is 12.1 Å². The summed E-state index contributed by atoms with van der Waals surface area (Å²) in [6.45, 7) is 0. The Morgan fingerprint density at radius 1 is 1.38 bits per heavy atom. The molecule has 13 heavy (non-hydrogen) atoms. The molecule has 3 nitrogen and oxygen atoms in total. The highest BCUT2D eigenvalue weighted by Crippen LogP contribution is 2.05. The molecule has 4 heteroatoms. The predicted octanol–water partition coefficient (Wildman–Crippen LogP) is 0.979. The van der Waals surface area contributed by atoms with Crippen LogP contribution in [0.4, 0.5) is 5.69 Å². The van der Waals surface area contributed by atoms with Crippen LogP contribution in [0.3, 0.4) is 0 Å². The summed E-state index contributed by atoms with van der Waals surface area (Å²) in [5.74, 6) is 0.0137. The van der Waals surface area contributed by atoms with Gasteiger partial charge in [0.05, 0.1) is 6.42 Å². The molecule has 0 heterocycles. The number of anilines is 1. The van der Waals surface area contributed by atoms with Crippen LogP contribution in [0.25, 0.3) is 0 Å². The lowest BCUT2D eigenvalue weighted by atomic mass is 10.1. The highest BCUT2D eigenvalue weighted by Gasteiger charge is 1.98. The maximum atomic E-state index is 10.9. The van der Waals surface area contributed by atoms with Gasteiger partial charge < -0.3 is 11.1 Å². The van der Waals surface area contributed by atoms with Crippen LogP contribution in [0.2, 0.25) is 0 Å². The third-order valence-corrected chi connectivity index (χ3v) is 1.62. The van der Waals surface area contributed by atoms with Crippen molar-refractivity contribution in [1.82, 2.24) is 5.32 Å². The van der Waals surface area contributed by atoms with Crippen LogP contribution in [0.15, 0.2) is 24.3 Å². The fourth-order valence-corrected chi connectivity index (χ4v) is 0.909. The van der Waals surface area contributed by atoms with E-state index in [1.165, 1.54) is 0 Å². The molecule has 0 aliphatic rings. The Bertz CT molecular complexity index is 271. The number of carbonyl (C=O) groups excluding carboxylic acids is 1. The molecule has 1 aromatic rings. The largest absolute Gasteiger partial charge is 0.399 e. The van der Waals surface area contributed by atoms with Gasteiger partial charge in [-0.1, -0.05) is 12.1 Å². The van der Waals surface area contributed by atoms with Crippen LogP contribution in [0, 0.1) is 0 Å². The summed E-state index contributed by atoms with van der Waals surface area (Å²) in [4.78, 5) is 10.9. The summed E-state index contributed by atoms with van der Waals surface area (Å²) in [5.41, 5.74) is 7.18. The Hall–Kier alpha value is -1.22. The number of hydrogen-bond acceptors (Lipinski definition) is 2. The SMILES string of the molecule is CNC(=O)Cc1ccc(N)cc1.Cl. The van der Waals surface area contributed by atoms with Crippen molar-refractivity contribution in [2.45, 2.75) is 6.42 Å². The van der Waals surface area contributed by atoms with Gasteiger partial charge in [-0.25, -0.2) is 0 Å². The lowest BCUT2D eigenvalue weighted by molar-refractivity contribution is -0.119. The van der Waals surface area contributed by atoms with Gasteiger partial charge in [0.25, 0.3) is 0 Å². The first-order valence-corrected chi connectivity index (χ1v) is 3.77. The zero-order chi connectivity index (χ0) is 8.97. The molecule has 0 aliphatic carbocycles. The first kappa shape index (κ1) is 11.8. The molecule has 0 aliphatic heterocycles. The van der Waals surface area contributed by atoms with E-state index < -0.39 is 0 Å². The average Bonchev–Trinajstić information content (AvgIpc) is 2.09. The van der Waals surface area contributed by atoms with E-state index in [0.29, 0.717) is 6.42 Å². The molecule has 3 N–H and O–H groups in total. The van der Waals surface area contributed by atoms with E-state index in [-0.39, 0.29) is 18.3 Å². The van der Waals surface area contributed by atoms with Crippen LogP contribution in [0.1, 0.15) is 5.56 Å². The van der Waals surface area contributed by atoms with Crippen LogP contribution >= 0.6 is 12.4 Å². The van der Waals surface area contributed by atoms with Crippen LogP contribution < -0.4 is 11.1 Å². The fourth-order valence-electron chi connectivity index (χ4n) is 0.909. The van der Waals surface area contributed by atoms with E-state index in [2.05, 4.69) is 5.32 Å². The summed E-state index contributed by atoms with van der Waals surface area (Å²) in [6.07, 6.45) is 0.413. The summed E-state index contributed by atoms with van der Waals surface area (Å²) < 4.78 is 0. The Labute approximate surface area is 83.7 Å². The number of halogens is 1. The second kappa shape index (κ2) is 5.43. The predicted molar refractivity (Wildman–Crippen MR) is 55.9 cm³/mol. The highest BCUT2D eigenvalue weighted by atomic mass is 35.5. The van der Waals surface area contributed by atoms with E-state index in [1.54, 1.807) is 19.2 Å². The van der Waals surface area contributed by atoms with Crippen molar-refractivity contribution in [3.63, 3.8) is 0 Å². The van der Waals surface area contributed by atoms with Gasteiger partial charge in [0.2, 0.25) is 5.91 Å². The Morgan fingerprint density at radius 2 is 1.92 bits per heavy atom. The number of likely N-dealkylation sites (N-methyl/N-ethyl adjacent to an activating group) is 1. The van der Waals surface area contributed by atoms with Gasteiger partial charge in [-0.2, -0.15) is 0 Å². The van der Waals surface area contributed by atoms with Gasteiger partial charge in [-0.05, 0) is 17.7 Å². The number of nitrogens with two attached hydrogens (primary N) is 1. The molecule has 0 fully saturated rings. The van der Waals surface area contributed by atoms with Gasteiger partial charge in [-0.3, -0.25) is 4.79 Å². The number of amides is 1. The van der Waals surface area contributed by atoms with Gasteiger partial charge in [-0.15, -0.1) is 12.4 Å². The second-order valence-corrected chi connectivity index (χ2v) is 2.59. The van der Waals surface area contributed by atoms with E-state index in [4.69, 9.17) is 5.73 Å². The van der Waals surface area contributed by atoms with Gasteiger partial charge in [0.15, 0.2) is 0 Å². The maximum Gasteiger partial charge on any atom is 0.224 e. The van der Waals surface area contributed by atoms with E-state index in [0.717, 1.165) is 11.3 Å². The van der Waals surface area contributed by atoms with Crippen molar-refractivity contribution in [3.8, 4) is 0 Å². The Balaban J connectivity index is 0.00000144. The highest BCUT2D eigenvalue weighted by molar-refractivity contribution is 5.85. The molecule has 1 aromatic carbocycles. The normalized spacial score (nSPS) is 8.69. The Kier molecular flexibility index (Phi) is 4.92. The number of hydrogen-bond donors (Lipinski definition) is 2. The maximum absolute atomic E-state index is 10.9. The van der Waals surface area contributed by atoms with Crippen molar-refractivity contribution in [2.75, 3.05) is 12.8 Å². The standard InChI is InChI=1S/C9H12N2O.ClH/c1-11-9(12)6-7-2-4-8(10)5-3-7;/h2-5H,6,10H2,1H3,(H,11,12);1H. The lowest BCUT2D eigenvalue weighted by Gasteiger charge is -1.99. The number of benzene rings is 1. The van der Waals surface area contributed by atoms with Crippen molar-refractivity contribution < 1.29 is 4.79 Å². The molecular weight excluding hydrogens is 188 g/mol. The third kappa shape index (κ3) is 3.80. The van der Waals surface area contributed by atoms with Gasteiger partial charge in [0, 0.05) is 12.7 Å². The first-order chi connectivity index (χ1) is 5.72. The van der Waals surface area contributed by atoms with Crippen LogP contribution in [0.5, 0.6) is 0 Å². The van der Waals surface area contributed by atoms with Crippen molar-refractivity contribution in [3.05, 3.63) is 29.8 Å². The minimum Gasteiger partial charge on any atom is -0.399 e. The average molecular weight is 201 g/mol. The second-order valence-electron chi connectivity index (χ2n) is 2.59. The zero-order valence-corrected chi connectivity index (χ0v) is 8.23. The molecular formula is C9H13ClN2O. The molecule has 0 saturated carbocycles. The van der Waals surface area contributed by atoms with E-state index in [9.17, 15) is 4.79 Å². The Morgan fingerprint density at radius 3 is 2.38 bits per heavy atom. The quantitative estimate of drug-likeness (QED) is 0.700. The molecule has 0 unspecified atom stereocenters. The van der Waals surface area contributed by atoms with Gasteiger partial charge in [0.1, 0.15) is 0 Å². The van der Waals surface area contributed by atoms with Crippen molar-refractivity contribution in [2.24, 2.45) is 0 Å². The van der Waals surface area contributed by atoms with Crippen molar-refractivity contribution in [1.29, 1.82) is 0 Å². The molecule has 0 radical (unpaired) electrons. The molecule has 0 spiro atoms. The summed E-state index contributed by atoms with van der Waals surface area (Å²) in [5, 5.41) is 2.56. The molecule has 72 valence electrons. The summed E-state index contributed by atoms with van der Waals surface area (Å²) >= 11 is 0. The van der Waals surface area contributed by atoms with Gasteiger partial charge >= 0.3 is 0 Å². The molecule has 0 aromatic heterocycles. The molecule has 0 atom stereocenters. The number of rotatable bonds is 2. The molecule has 0 bridgehead atoms. The molecule has 1 rings (SSSR count). The smallest absolute Gasteiger partial charge is 0.224 e. The number of carbonyl (C=O) groups is 1. The minimum atomic E-state index is 0. The minimum absolute atomic E-state index is 0. The first-order valence-electron chi connectivity index (χ1n) is 3.77. The summed E-state index contributed by atoms with van der Waals surface area (Å²) in [7, 11) is 1.62. The topological polar surface area (TPSA) is 55.1 Å². The lowest BCUT2D eigenvalue weighted by Crippen LogP contribution is -2.19. The number of nitrogen functional groups attached to an aromatic ring is 1. The monoisotopic (exact) mass is 200 g/mol. The third-order valence-electron chi connectivity index (χ3n) is 1.62. The fraction of sp³-hybridized carbons (Fsp3) is 0.222. The number of nitrogens with one attached hydrogen (secondary N) is 1. The van der Waals surface area contributed by atoms with E-state index >= 15 is 0 Å². The van der Waals surface area contributed by atoms with Crippen LogP contribution in [-0.4, -0.2) is 13.0 Å². The zero-order valence-electron chi connectivity index (χ0n) is 7.41. The molecule has 0 saturated heterocycles. The molecule has 1 amide bonds. The van der Waals surface area contributed by atoms with Crippen molar-refractivity contribution >= 4 is 24.0 Å². The summed E-state index contributed by atoms with van der Waals surface area (Å²) in [6, 6.07) is 7.28.